The van der Waals surface area contributed by atoms with Crippen LogP contribution in [0.25, 0.3) is 10.8 Å². The number of hydrogen-bond donors (Lipinski definition) is 1. The van der Waals surface area contributed by atoms with Crippen LogP contribution in [0.5, 0.6) is 0 Å². The van der Waals surface area contributed by atoms with E-state index in [0.717, 1.165) is 68.8 Å². The van der Waals surface area contributed by atoms with Crippen LogP contribution in [0.15, 0.2) is 84.1 Å². The van der Waals surface area contributed by atoms with Gasteiger partial charge in [-0.1, -0.05) is 60.2 Å². The van der Waals surface area contributed by atoms with Crippen molar-refractivity contribution in [3.63, 3.8) is 0 Å². The fraction of sp³-hybridized carbons (Fsp3) is 0.316. The molecule has 0 bridgehead atoms. The first-order chi connectivity index (χ1) is 20.8. The second-order valence-corrected chi connectivity index (χ2v) is 12.0. The topological polar surface area (TPSA) is 58.6 Å². The molecule has 4 aromatic rings. The van der Waals surface area contributed by atoms with Gasteiger partial charge >= 0.3 is 5.97 Å². The molecule has 0 radical (unpaired) electrons. The summed E-state index contributed by atoms with van der Waals surface area (Å²) < 4.78 is 5.33. The molecule has 1 heterocycles. The maximum atomic E-state index is 14.8. The number of hydrogen-bond acceptors (Lipinski definition) is 5. The Kier molecular flexibility index (Phi) is 7.59. The number of methoxy groups -OCH3 is 1. The number of fused-ring (bicyclic) bond motifs is 3. The van der Waals surface area contributed by atoms with Gasteiger partial charge in [-0.25, -0.2) is 0 Å². The van der Waals surface area contributed by atoms with Gasteiger partial charge in [0, 0.05) is 47.6 Å². The third-order valence-electron chi connectivity index (χ3n) is 9.45. The lowest BCUT2D eigenvalue weighted by Crippen LogP contribution is -2.41. The first-order valence-electron chi connectivity index (χ1n) is 15.3. The van der Waals surface area contributed by atoms with Crippen molar-refractivity contribution in [1.29, 1.82) is 0 Å². The highest BCUT2D eigenvalue weighted by molar-refractivity contribution is 6.13. The molecule has 4 aromatic carbocycles. The normalized spacial score (nSPS) is 19.5. The van der Waals surface area contributed by atoms with Crippen molar-refractivity contribution in [1.82, 2.24) is 0 Å². The smallest absolute Gasteiger partial charge is 0.317 e. The van der Waals surface area contributed by atoms with E-state index in [-0.39, 0.29) is 17.6 Å². The number of carbonyl (C=O) groups is 2. The van der Waals surface area contributed by atoms with Crippen molar-refractivity contribution in [2.45, 2.75) is 52.9 Å². The van der Waals surface area contributed by atoms with E-state index in [1.165, 1.54) is 12.7 Å². The number of allylic oxidation sites excluding steroid dienone is 2. The zero-order valence-electron chi connectivity index (χ0n) is 26.0. The summed E-state index contributed by atoms with van der Waals surface area (Å²) in [5, 5.41) is 5.92. The van der Waals surface area contributed by atoms with E-state index in [1.54, 1.807) is 0 Å². The molecule has 43 heavy (non-hydrogen) atoms. The van der Waals surface area contributed by atoms with Crippen LogP contribution in [0, 0.1) is 26.7 Å². The van der Waals surface area contributed by atoms with Crippen molar-refractivity contribution >= 4 is 33.9 Å². The van der Waals surface area contributed by atoms with Gasteiger partial charge in [-0.15, -0.1) is 0 Å². The lowest BCUT2D eigenvalue weighted by molar-refractivity contribution is -0.149. The first kappa shape index (κ1) is 28.7. The maximum absolute atomic E-state index is 14.8. The molecule has 0 amide bonds. The highest BCUT2D eigenvalue weighted by atomic mass is 16.5. The summed E-state index contributed by atoms with van der Waals surface area (Å²) in [5.74, 6) is -2.18. The Labute approximate surface area is 254 Å². The molecule has 5 heteroatoms. The molecule has 1 aliphatic heterocycles. The molecule has 3 unspecified atom stereocenters. The maximum Gasteiger partial charge on any atom is 0.317 e. The number of esters is 1. The third kappa shape index (κ3) is 4.81. The van der Waals surface area contributed by atoms with Crippen LogP contribution < -0.4 is 10.2 Å². The molecule has 1 aliphatic carbocycles. The number of nitrogens with zero attached hydrogens (tertiary/aromatic N) is 1. The van der Waals surface area contributed by atoms with Crippen LogP contribution in [-0.4, -0.2) is 32.0 Å². The predicted octanol–water partition coefficient (Wildman–Crippen LogP) is 7.97. The average molecular weight is 573 g/mol. The number of aryl methyl sites for hydroxylation is 3. The third-order valence-corrected chi connectivity index (χ3v) is 9.45. The molecule has 1 N–H and O–H groups in total. The quantitative estimate of drug-likeness (QED) is 0.188. The van der Waals surface area contributed by atoms with Crippen LogP contribution in [0.1, 0.15) is 65.5 Å². The lowest BCUT2D eigenvalue weighted by atomic mass is 9.65. The Morgan fingerprint density at radius 3 is 2.23 bits per heavy atom. The van der Waals surface area contributed by atoms with Crippen LogP contribution in [0.3, 0.4) is 0 Å². The van der Waals surface area contributed by atoms with E-state index in [4.69, 9.17) is 4.74 Å². The van der Waals surface area contributed by atoms with Gasteiger partial charge in [0.05, 0.1) is 7.11 Å². The Morgan fingerprint density at radius 1 is 0.907 bits per heavy atom. The number of Topliss-reactive ketones (excluding diaryl/α,β-unsaturated/α-hetero) is 1. The second kappa shape index (κ2) is 11.4. The number of benzene rings is 4. The predicted molar refractivity (Wildman–Crippen MR) is 175 cm³/mol. The minimum absolute atomic E-state index is 0.152. The molecule has 0 fully saturated rings. The minimum Gasteiger partial charge on any atom is -0.468 e. The van der Waals surface area contributed by atoms with E-state index in [9.17, 15) is 9.59 Å². The van der Waals surface area contributed by atoms with Gasteiger partial charge in [0.25, 0.3) is 0 Å². The van der Waals surface area contributed by atoms with E-state index >= 15 is 0 Å². The molecular weight excluding hydrogens is 532 g/mol. The van der Waals surface area contributed by atoms with E-state index < -0.39 is 11.9 Å². The summed E-state index contributed by atoms with van der Waals surface area (Å²) in [6.45, 7) is 12.4. The highest BCUT2D eigenvalue weighted by Crippen LogP contribution is 2.52. The Balaban J connectivity index is 1.58. The Morgan fingerprint density at radius 2 is 1.58 bits per heavy atom. The van der Waals surface area contributed by atoms with E-state index in [1.807, 2.05) is 12.1 Å². The van der Waals surface area contributed by atoms with Crippen molar-refractivity contribution in [2.24, 2.45) is 5.92 Å². The number of ether oxygens (including phenoxy) is 1. The van der Waals surface area contributed by atoms with Gasteiger partial charge in [-0.3, -0.25) is 9.59 Å². The summed E-state index contributed by atoms with van der Waals surface area (Å²) in [5.41, 5.74) is 10.3. The molecule has 2 aliphatic rings. The van der Waals surface area contributed by atoms with E-state index in [0.29, 0.717) is 12.0 Å². The molecular formula is C38H40N2O3. The van der Waals surface area contributed by atoms with Crippen LogP contribution in [-0.2, 0) is 14.3 Å². The molecule has 220 valence electrons. The summed E-state index contributed by atoms with van der Waals surface area (Å²) in [6, 6.07) is 25.5. The second-order valence-electron chi connectivity index (χ2n) is 12.0. The van der Waals surface area contributed by atoms with Crippen molar-refractivity contribution < 1.29 is 14.3 Å². The summed E-state index contributed by atoms with van der Waals surface area (Å²) >= 11 is 0. The van der Waals surface area contributed by atoms with Gasteiger partial charge in [0.1, 0.15) is 5.92 Å². The first-order valence-corrected chi connectivity index (χ1v) is 15.3. The number of anilines is 2. The molecule has 3 atom stereocenters. The van der Waals surface area contributed by atoms with Crippen LogP contribution in [0.2, 0.25) is 0 Å². The zero-order chi connectivity index (χ0) is 30.4. The highest BCUT2D eigenvalue weighted by Gasteiger charge is 2.48. The molecule has 0 saturated carbocycles. The van der Waals surface area contributed by atoms with Gasteiger partial charge in [0.15, 0.2) is 5.78 Å². The average Bonchev–Trinajstić information content (AvgIpc) is 3.00. The van der Waals surface area contributed by atoms with E-state index in [2.05, 4.69) is 105 Å². The van der Waals surface area contributed by atoms with Gasteiger partial charge in [-0.2, -0.15) is 0 Å². The SMILES string of the molecule is CCN(CC)c1ccc(C2C3=C(CC(c4c(C)cc(C)cc4C)C(C(=O)OC)C3=O)Nc3ccc4ccccc4c32)cc1. The monoisotopic (exact) mass is 572 g/mol. The zero-order valence-corrected chi connectivity index (χ0v) is 26.0. The largest absolute Gasteiger partial charge is 0.468 e. The van der Waals surface area contributed by atoms with Gasteiger partial charge in [-0.05, 0) is 97.8 Å². The summed E-state index contributed by atoms with van der Waals surface area (Å²) in [7, 11) is 1.39. The number of carbonyl (C=O) groups excluding carboxylic acids is 2. The van der Waals surface area contributed by atoms with Crippen LogP contribution >= 0.6 is 0 Å². The van der Waals surface area contributed by atoms with Crippen LogP contribution in [0.4, 0.5) is 11.4 Å². The van der Waals surface area contributed by atoms with Crippen molar-refractivity contribution in [2.75, 3.05) is 30.4 Å². The molecule has 0 spiro atoms. The fourth-order valence-electron chi connectivity index (χ4n) is 7.65. The standard InChI is InChI=1S/C38H40N2O3/c1-7-40(8-2)27-16-13-26(14-17-27)33-34-28-12-10-9-11-25(28)15-18-30(34)39-31-21-29(32-23(4)19-22(3)20-24(32)5)35(38(42)43-6)37(41)36(31)33/h9-20,29,33,35,39H,7-8,21H2,1-6H3. The lowest BCUT2D eigenvalue weighted by Gasteiger charge is -2.40. The Hall–Kier alpha value is -4.38. The number of rotatable bonds is 6. The fourth-order valence-corrected chi connectivity index (χ4v) is 7.65. The summed E-state index contributed by atoms with van der Waals surface area (Å²) in [4.78, 5) is 30.7. The molecule has 6 rings (SSSR count). The van der Waals surface area contributed by atoms with Crippen molar-refractivity contribution in [3.8, 4) is 0 Å². The van der Waals surface area contributed by atoms with Crippen molar-refractivity contribution in [3.05, 3.63) is 117 Å². The number of nitrogens with one attached hydrogen (secondary N) is 1. The minimum atomic E-state index is -0.917. The Bertz CT molecular complexity index is 1740. The molecule has 5 nitrogen and oxygen atoms in total. The van der Waals surface area contributed by atoms with Gasteiger partial charge in [0.2, 0.25) is 0 Å². The summed E-state index contributed by atoms with van der Waals surface area (Å²) in [6.07, 6.45) is 0.547. The number of ketones is 1. The molecule has 0 aromatic heterocycles. The van der Waals surface area contributed by atoms with Gasteiger partial charge < -0.3 is 15.0 Å². The molecule has 0 saturated heterocycles.